The number of halogens is 1. The fourth-order valence-corrected chi connectivity index (χ4v) is 3.34. The molecule has 8 heteroatoms. The van der Waals surface area contributed by atoms with E-state index >= 15 is 0 Å². The Kier molecular flexibility index (Phi) is 8.36. The summed E-state index contributed by atoms with van der Waals surface area (Å²) < 4.78 is 5.22. The number of anilines is 1. The van der Waals surface area contributed by atoms with Gasteiger partial charge < -0.3 is 24.4 Å². The topological polar surface area (TPSA) is 64.3 Å². The number of nitrogens with zero attached hydrogens (tertiary/aromatic N) is 4. The molecule has 7 nitrogen and oxygen atoms in total. The molecule has 3 rings (SSSR count). The number of aliphatic imine (C=N–C) groups is 1. The number of carbonyl (C=O) groups excluding carboxylic acids is 1. The molecule has 1 aromatic carbocycles. The summed E-state index contributed by atoms with van der Waals surface area (Å²) in [7, 11) is 5.89. The number of hydrogen-bond acceptors (Lipinski definition) is 4. The number of aryl methyl sites for hydroxylation is 1. The van der Waals surface area contributed by atoms with Gasteiger partial charge in [0.1, 0.15) is 0 Å². The SMILES string of the molecule is CN=C(NCc1ccc(N(C)C)cc1C)N1CCN(C(=O)c2ccco2)CC1.I. The van der Waals surface area contributed by atoms with E-state index in [4.69, 9.17) is 4.42 Å². The molecular weight excluding hydrogens is 481 g/mol. The molecule has 1 aliphatic rings. The van der Waals surface area contributed by atoms with Crippen LogP contribution in [0, 0.1) is 6.92 Å². The first kappa shape index (κ1) is 23.1. The maximum Gasteiger partial charge on any atom is 0.289 e. The van der Waals surface area contributed by atoms with Crippen LogP contribution in [0.2, 0.25) is 0 Å². The molecule has 2 heterocycles. The minimum atomic E-state index is -0.0517. The monoisotopic (exact) mass is 511 g/mol. The Hall–Kier alpha value is -2.23. The van der Waals surface area contributed by atoms with E-state index in [1.807, 2.05) is 19.0 Å². The van der Waals surface area contributed by atoms with E-state index in [1.165, 1.54) is 23.1 Å². The lowest BCUT2D eigenvalue weighted by Gasteiger charge is -2.36. The first-order chi connectivity index (χ1) is 13.5. The van der Waals surface area contributed by atoms with Gasteiger partial charge in [-0.25, -0.2) is 0 Å². The zero-order valence-corrected chi connectivity index (χ0v) is 19.8. The maximum absolute atomic E-state index is 12.4. The lowest BCUT2D eigenvalue weighted by atomic mass is 10.1. The molecule has 1 aliphatic heterocycles. The van der Waals surface area contributed by atoms with Crippen LogP contribution in [-0.4, -0.2) is 69.0 Å². The van der Waals surface area contributed by atoms with Gasteiger partial charge in [0.2, 0.25) is 0 Å². The van der Waals surface area contributed by atoms with Gasteiger partial charge in [-0.1, -0.05) is 6.07 Å². The molecule has 1 aromatic heterocycles. The van der Waals surface area contributed by atoms with Crippen LogP contribution in [0.25, 0.3) is 0 Å². The maximum atomic E-state index is 12.4. The van der Waals surface area contributed by atoms with Crippen molar-refractivity contribution in [2.45, 2.75) is 13.5 Å². The molecule has 29 heavy (non-hydrogen) atoms. The predicted octanol–water partition coefficient (Wildman–Crippen LogP) is 2.81. The highest BCUT2D eigenvalue weighted by Crippen LogP contribution is 2.17. The lowest BCUT2D eigenvalue weighted by molar-refractivity contribution is 0.0657. The average Bonchev–Trinajstić information content (AvgIpc) is 3.24. The second-order valence-corrected chi connectivity index (χ2v) is 7.16. The van der Waals surface area contributed by atoms with E-state index < -0.39 is 0 Å². The van der Waals surface area contributed by atoms with Gasteiger partial charge in [0.15, 0.2) is 11.7 Å². The quantitative estimate of drug-likeness (QED) is 0.389. The van der Waals surface area contributed by atoms with E-state index in [1.54, 1.807) is 19.2 Å². The smallest absolute Gasteiger partial charge is 0.289 e. The molecule has 0 unspecified atom stereocenters. The number of benzene rings is 1. The molecule has 0 saturated carbocycles. The van der Waals surface area contributed by atoms with Gasteiger partial charge in [-0.15, -0.1) is 24.0 Å². The fourth-order valence-electron chi connectivity index (χ4n) is 3.34. The highest BCUT2D eigenvalue weighted by Gasteiger charge is 2.25. The van der Waals surface area contributed by atoms with Crippen LogP contribution < -0.4 is 10.2 Å². The van der Waals surface area contributed by atoms with Crippen LogP contribution in [0.4, 0.5) is 5.69 Å². The Balaban J connectivity index is 0.00000300. The van der Waals surface area contributed by atoms with Gasteiger partial charge >= 0.3 is 0 Å². The Morgan fingerprint density at radius 3 is 2.41 bits per heavy atom. The van der Waals surface area contributed by atoms with E-state index in [-0.39, 0.29) is 29.9 Å². The zero-order valence-electron chi connectivity index (χ0n) is 17.5. The second kappa shape index (κ2) is 10.5. The van der Waals surface area contributed by atoms with Gasteiger partial charge in [-0.2, -0.15) is 0 Å². The van der Waals surface area contributed by atoms with Crippen molar-refractivity contribution >= 4 is 41.5 Å². The number of rotatable bonds is 4. The summed E-state index contributed by atoms with van der Waals surface area (Å²) in [5, 5.41) is 3.46. The van der Waals surface area contributed by atoms with Crippen molar-refractivity contribution in [3.05, 3.63) is 53.5 Å². The normalized spacial score (nSPS) is 14.4. The minimum absolute atomic E-state index is 0. The van der Waals surface area contributed by atoms with Crippen molar-refractivity contribution in [3.8, 4) is 0 Å². The Labute approximate surface area is 189 Å². The van der Waals surface area contributed by atoms with Crippen LogP contribution in [-0.2, 0) is 6.54 Å². The summed E-state index contributed by atoms with van der Waals surface area (Å²) in [5.41, 5.74) is 3.70. The Morgan fingerprint density at radius 1 is 1.17 bits per heavy atom. The molecule has 0 radical (unpaired) electrons. The Bertz CT molecular complexity index is 828. The van der Waals surface area contributed by atoms with E-state index in [2.05, 4.69) is 45.2 Å². The van der Waals surface area contributed by atoms with E-state index in [0.29, 0.717) is 18.8 Å². The molecule has 1 fully saturated rings. The van der Waals surface area contributed by atoms with Crippen molar-refractivity contribution < 1.29 is 9.21 Å². The molecule has 1 saturated heterocycles. The van der Waals surface area contributed by atoms with Gasteiger partial charge in [0.05, 0.1) is 6.26 Å². The minimum Gasteiger partial charge on any atom is -0.459 e. The number of amides is 1. The molecule has 0 spiro atoms. The first-order valence-corrected chi connectivity index (χ1v) is 9.55. The molecule has 1 amide bonds. The van der Waals surface area contributed by atoms with Crippen molar-refractivity contribution in [2.24, 2.45) is 4.99 Å². The molecule has 0 aliphatic carbocycles. The van der Waals surface area contributed by atoms with Gasteiger partial charge in [-0.3, -0.25) is 9.79 Å². The predicted molar refractivity (Wildman–Crippen MR) is 127 cm³/mol. The van der Waals surface area contributed by atoms with Gasteiger partial charge in [0, 0.05) is 59.6 Å². The largest absolute Gasteiger partial charge is 0.459 e. The van der Waals surface area contributed by atoms with Crippen molar-refractivity contribution in [3.63, 3.8) is 0 Å². The summed E-state index contributed by atoms with van der Waals surface area (Å²) in [6.45, 7) is 5.63. The summed E-state index contributed by atoms with van der Waals surface area (Å²) in [4.78, 5) is 22.9. The van der Waals surface area contributed by atoms with Crippen LogP contribution in [0.5, 0.6) is 0 Å². The summed E-state index contributed by atoms with van der Waals surface area (Å²) in [5.74, 6) is 1.21. The van der Waals surface area contributed by atoms with Crippen molar-refractivity contribution in [1.82, 2.24) is 15.1 Å². The van der Waals surface area contributed by atoms with Gasteiger partial charge in [-0.05, 0) is 42.3 Å². The summed E-state index contributed by atoms with van der Waals surface area (Å²) in [6, 6.07) is 9.93. The second-order valence-electron chi connectivity index (χ2n) is 7.16. The third kappa shape index (κ3) is 5.65. The van der Waals surface area contributed by atoms with Crippen LogP contribution in [0.3, 0.4) is 0 Å². The summed E-state index contributed by atoms with van der Waals surface area (Å²) >= 11 is 0. The molecule has 2 aromatic rings. The third-order valence-electron chi connectivity index (χ3n) is 5.09. The number of furan rings is 1. The fraction of sp³-hybridized carbons (Fsp3) is 0.429. The summed E-state index contributed by atoms with van der Waals surface area (Å²) in [6.07, 6.45) is 1.53. The highest BCUT2D eigenvalue weighted by atomic mass is 127. The first-order valence-electron chi connectivity index (χ1n) is 9.55. The molecule has 1 N–H and O–H groups in total. The van der Waals surface area contributed by atoms with Crippen LogP contribution in [0.15, 0.2) is 46.0 Å². The van der Waals surface area contributed by atoms with E-state index in [0.717, 1.165) is 25.6 Å². The standard InChI is InChI=1S/C21H29N5O2.HI/c1-16-14-18(24(3)4)8-7-17(16)15-23-21(22-2)26-11-9-25(10-12-26)20(27)19-6-5-13-28-19;/h5-8,13-14H,9-12,15H2,1-4H3,(H,22,23);1H. The molecular formula is C21H30IN5O2. The molecule has 158 valence electrons. The number of guanidine groups is 1. The third-order valence-corrected chi connectivity index (χ3v) is 5.09. The average molecular weight is 511 g/mol. The molecule has 0 atom stereocenters. The van der Waals surface area contributed by atoms with Crippen molar-refractivity contribution in [1.29, 1.82) is 0 Å². The van der Waals surface area contributed by atoms with Crippen molar-refractivity contribution in [2.75, 3.05) is 52.2 Å². The molecule has 0 bridgehead atoms. The number of piperazine rings is 1. The van der Waals surface area contributed by atoms with Crippen LogP contribution >= 0.6 is 24.0 Å². The number of nitrogens with one attached hydrogen (secondary N) is 1. The zero-order chi connectivity index (χ0) is 20.1. The number of hydrogen-bond donors (Lipinski definition) is 1. The number of carbonyl (C=O) groups is 1. The van der Waals surface area contributed by atoms with Crippen LogP contribution in [0.1, 0.15) is 21.7 Å². The lowest BCUT2D eigenvalue weighted by Crippen LogP contribution is -2.53. The van der Waals surface area contributed by atoms with Gasteiger partial charge in [0.25, 0.3) is 5.91 Å². The Morgan fingerprint density at radius 2 is 1.86 bits per heavy atom. The highest BCUT2D eigenvalue weighted by molar-refractivity contribution is 14.0. The van der Waals surface area contributed by atoms with E-state index in [9.17, 15) is 4.79 Å².